The van der Waals surface area contributed by atoms with Gasteiger partial charge in [0.05, 0.1) is 18.0 Å². The molecule has 0 aromatic carbocycles. The van der Waals surface area contributed by atoms with Gasteiger partial charge < -0.3 is 10.1 Å². The largest absolute Gasteiger partial charge is 0.489 e. The topological polar surface area (TPSA) is 77.8 Å². The van der Waals surface area contributed by atoms with Gasteiger partial charge in [0.1, 0.15) is 11.6 Å². The molecule has 0 aliphatic heterocycles. The Morgan fingerprint density at radius 2 is 2.00 bits per heavy atom. The predicted octanol–water partition coefficient (Wildman–Crippen LogP) is 4.68. The van der Waals surface area contributed by atoms with Gasteiger partial charge in [0.2, 0.25) is 0 Å². The first-order valence-corrected chi connectivity index (χ1v) is 10.5. The number of aryl methyl sites for hydroxylation is 2. The Kier molecular flexibility index (Phi) is 6.03. The van der Waals surface area contributed by atoms with E-state index >= 15 is 0 Å². The molecule has 0 amide bonds. The Morgan fingerprint density at radius 1 is 1.14 bits per heavy atom. The third-order valence-corrected chi connectivity index (χ3v) is 5.22. The molecular weight excluding hydrogens is 364 g/mol. The van der Waals surface area contributed by atoms with Crippen LogP contribution in [0.2, 0.25) is 0 Å². The molecule has 1 aliphatic rings. The van der Waals surface area contributed by atoms with E-state index in [1.807, 2.05) is 37.4 Å². The van der Waals surface area contributed by atoms with Gasteiger partial charge in [-0.25, -0.2) is 9.67 Å². The molecule has 4 rings (SSSR count). The fraction of sp³-hybridized carbons (Fsp3) is 0.455. The first-order chi connectivity index (χ1) is 14.2. The molecule has 0 bridgehead atoms. The van der Waals surface area contributed by atoms with Gasteiger partial charge in [-0.1, -0.05) is 31.0 Å². The van der Waals surface area contributed by atoms with E-state index in [2.05, 4.69) is 32.5 Å². The van der Waals surface area contributed by atoms with Gasteiger partial charge in [-0.2, -0.15) is 0 Å². The monoisotopic (exact) mass is 392 g/mol. The molecule has 7 heteroatoms. The van der Waals surface area contributed by atoms with E-state index in [1.54, 1.807) is 10.9 Å². The van der Waals surface area contributed by atoms with Crippen LogP contribution in [0, 0.1) is 0 Å². The zero-order valence-electron chi connectivity index (χ0n) is 17.1. The second-order valence-corrected chi connectivity index (χ2v) is 7.56. The first-order valence-electron chi connectivity index (χ1n) is 10.5. The zero-order chi connectivity index (χ0) is 20.1. The minimum atomic E-state index is 0.312. The minimum Gasteiger partial charge on any atom is -0.489 e. The van der Waals surface area contributed by atoms with Crippen LogP contribution < -0.4 is 10.1 Å². The lowest BCUT2D eigenvalue weighted by Crippen LogP contribution is -2.19. The highest BCUT2D eigenvalue weighted by atomic mass is 16.5. The van der Waals surface area contributed by atoms with Crippen molar-refractivity contribution in [3.8, 4) is 17.1 Å². The Hall–Kier alpha value is -2.96. The highest BCUT2D eigenvalue weighted by Crippen LogP contribution is 2.28. The summed E-state index contributed by atoms with van der Waals surface area (Å²) in [6, 6.07) is 9.91. The van der Waals surface area contributed by atoms with Crippen molar-refractivity contribution in [2.24, 2.45) is 7.05 Å². The van der Waals surface area contributed by atoms with Crippen LogP contribution in [0.1, 0.15) is 51.1 Å². The lowest BCUT2D eigenvalue weighted by atomic mass is 9.98. The maximum Gasteiger partial charge on any atom is 0.159 e. The van der Waals surface area contributed by atoms with Gasteiger partial charge in [-0.05, 0) is 56.4 Å². The fourth-order valence-corrected chi connectivity index (χ4v) is 3.70. The van der Waals surface area contributed by atoms with Crippen LogP contribution in [0.25, 0.3) is 11.4 Å². The second-order valence-electron chi connectivity index (χ2n) is 7.56. The molecule has 3 heterocycles. The number of pyridine rings is 2. The molecule has 29 heavy (non-hydrogen) atoms. The van der Waals surface area contributed by atoms with Gasteiger partial charge in [0, 0.05) is 12.7 Å². The van der Waals surface area contributed by atoms with Crippen molar-refractivity contribution in [2.45, 2.75) is 58.0 Å². The molecule has 152 valence electrons. The van der Waals surface area contributed by atoms with E-state index in [-0.39, 0.29) is 0 Å². The van der Waals surface area contributed by atoms with Crippen LogP contribution in [0.15, 0.2) is 36.5 Å². The van der Waals surface area contributed by atoms with Crippen LogP contribution in [0.4, 0.5) is 11.6 Å². The average Bonchev–Trinajstić information content (AvgIpc) is 3.10. The van der Waals surface area contributed by atoms with E-state index in [4.69, 9.17) is 4.74 Å². The quantitative estimate of drug-likeness (QED) is 0.629. The Bertz CT molecular complexity index is 931. The van der Waals surface area contributed by atoms with E-state index in [1.165, 1.54) is 19.3 Å². The van der Waals surface area contributed by atoms with Crippen LogP contribution in [0.5, 0.6) is 5.75 Å². The molecule has 7 nitrogen and oxygen atoms in total. The number of ether oxygens (including phenoxy) is 1. The third-order valence-electron chi connectivity index (χ3n) is 5.22. The van der Waals surface area contributed by atoms with Crippen molar-refractivity contribution >= 4 is 11.6 Å². The molecule has 0 saturated heterocycles. The van der Waals surface area contributed by atoms with Gasteiger partial charge in [-0.3, -0.25) is 4.98 Å². The van der Waals surface area contributed by atoms with Crippen LogP contribution in [-0.4, -0.2) is 31.1 Å². The standard InChI is InChI=1S/C22H28N6O/c1-3-8-16-9-7-12-20(24-16)25-22-21(26-27-28(22)2)19-14-13-18(15-23-19)29-17-10-5-4-6-11-17/h7,9,12-15,17H,3-6,8,10-11H2,1-2H3,(H,24,25). The molecule has 1 fully saturated rings. The van der Waals surface area contributed by atoms with Crippen molar-refractivity contribution in [1.82, 2.24) is 25.0 Å². The molecule has 3 aromatic rings. The summed E-state index contributed by atoms with van der Waals surface area (Å²) in [4.78, 5) is 9.25. The number of rotatable bonds is 7. The first kappa shape index (κ1) is 19.4. The minimum absolute atomic E-state index is 0.312. The van der Waals surface area contributed by atoms with E-state index in [0.717, 1.165) is 54.5 Å². The maximum absolute atomic E-state index is 6.08. The molecule has 1 N–H and O–H groups in total. The van der Waals surface area contributed by atoms with Gasteiger partial charge in [0.25, 0.3) is 0 Å². The van der Waals surface area contributed by atoms with Crippen molar-refractivity contribution in [3.05, 3.63) is 42.2 Å². The van der Waals surface area contributed by atoms with E-state index in [0.29, 0.717) is 11.8 Å². The van der Waals surface area contributed by atoms with Gasteiger partial charge in [0.15, 0.2) is 11.5 Å². The van der Waals surface area contributed by atoms with Crippen molar-refractivity contribution in [1.29, 1.82) is 0 Å². The molecule has 0 radical (unpaired) electrons. The van der Waals surface area contributed by atoms with E-state index < -0.39 is 0 Å². The lowest BCUT2D eigenvalue weighted by molar-refractivity contribution is 0.154. The molecule has 1 saturated carbocycles. The number of nitrogens with one attached hydrogen (secondary N) is 1. The summed E-state index contributed by atoms with van der Waals surface area (Å²) < 4.78 is 7.79. The third kappa shape index (κ3) is 4.72. The Morgan fingerprint density at radius 3 is 2.76 bits per heavy atom. The van der Waals surface area contributed by atoms with Gasteiger partial charge >= 0.3 is 0 Å². The summed E-state index contributed by atoms with van der Waals surface area (Å²) >= 11 is 0. The highest BCUT2D eigenvalue weighted by molar-refractivity contribution is 5.72. The smallest absolute Gasteiger partial charge is 0.159 e. The predicted molar refractivity (Wildman–Crippen MR) is 113 cm³/mol. The summed E-state index contributed by atoms with van der Waals surface area (Å²) in [5.41, 5.74) is 2.51. The molecular formula is C22H28N6O. The van der Waals surface area contributed by atoms with Crippen LogP contribution in [-0.2, 0) is 13.5 Å². The summed E-state index contributed by atoms with van der Waals surface area (Å²) in [6.45, 7) is 2.15. The average molecular weight is 393 g/mol. The molecule has 0 spiro atoms. The maximum atomic E-state index is 6.08. The molecule has 0 atom stereocenters. The summed E-state index contributed by atoms with van der Waals surface area (Å²) in [6.07, 6.45) is 10.2. The summed E-state index contributed by atoms with van der Waals surface area (Å²) in [5, 5.41) is 11.8. The van der Waals surface area contributed by atoms with E-state index in [9.17, 15) is 0 Å². The van der Waals surface area contributed by atoms with Crippen molar-refractivity contribution in [3.63, 3.8) is 0 Å². The number of hydrogen-bond acceptors (Lipinski definition) is 6. The molecule has 3 aromatic heterocycles. The highest BCUT2D eigenvalue weighted by Gasteiger charge is 2.17. The summed E-state index contributed by atoms with van der Waals surface area (Å²) in [7, 11) is 1.86. The lowest BCUT2D eigenvalue weighted by Gasteiger charge is -2.22. The number of nitrogens with zero attached hydrogens (tertiary/aromatic N) is 5. The Balaban J connectivity index is 1.51. The number of anilines is 2. The van der Waals surface area contributed by atoms with Crippen LogP contribution >= 0.6 is 0 Å². The van der Waals surface area contributed by atoms with Crippen LogP contribution in [0.3, 0.4) is 0 Å². The number of hydrogen-bond donors (Lipinski definition) is 1. The Labute approximate surface area is 171 Å². The molecule has 1 aliphatic carbocycles. The summed E-state index contributed by atoms with van der Waals surface area (Å²) in [5.74, 6) is 2.35. The second kappa shape index (κ2) is 9.03. The molecule has 0 unspecified atom stereocenters. The van der Waals surface area contributed by atoms with Crippen molar-refractivity contribution < 1.29 is 4.74 Å². The van der Waals surface area contributed by atoms with Gasteiger partial charge in [-0.15, -0.1) is 5.10 Å². The fourth-order valence-electron chi connectivity index (χ4n) is 3.70. The number of aromatic nitrogens is 5. The van der Waals surface area contributed by atoms with Crippen molar-refractivity contribution in [2.75, 3.05) is 5.32 Å². The zero-order valence-corrected chi connectivity index (χ0v) is 17.1. The SMILES string of the molecule is CCCc1cccc(Nc2c(-c3ccc(OC4CCCCC4)cn3)nnn2C)n1. The normalized spacial score (nSPS) is 14.7.